The normalized spacial score (nSPS) is 19.5. The predicted octanol–water partition coefficient (Wildman–Crippen LogP) is 3.01. The second-order valence-electron chi connectivity index (χ2n) is 5.91. The van der Waals surface area contributed by atoms with E-state index in [1.54, 1.807) is 0 Å². The molecule has 4 unspecified atom stereocenters. The Morgan fingerprint density at radius 3 is 1.62 bits per heavy atom. The van der Waals surface area contributed by atoms with E-state index in [2.05, 4.69) is 34.6 Å². The molecule has 0 aromatic rings. The van der Waals surface area contributed by atoms with E-state index < -0.39 is 0 Å². The Morgan fingerprint density at radius 1 is 0.750 bits per heavy atom. The van der Waals surface area contributed by atoms with E-state index in [0.29, 0.717) is 17.9 Å². The summed E-state index contributed by atoms with van der Waals surface area (Å²) in [5.41, 5.74) is 11.8. The lowest BCUT2D eigenvalue weighted by Crippen LogP contribution is -2.33. The molecule has 0 saturated heterocycles. The maximum absolute atomic E-state index is 6.16. The van der Waals surface area contributed by atoms with Gasteiger partial charge in [0.25, 0.3) is 0 Å². The predicted molar refractivity (Wildman–Crippen MR) is 73.2 cm³/mol. The van der Waals surface area contributed by atoms with Crippen molar-refractivity contribution in [1.82, 2.24) is 0 Å². The average molecular weight is 228 g/mol. The number of nitrogens with two attached hydrogens (primary N) is 2. The minimum Gasteiger partial charge on any atom is -0.330 e. The second kappa shape index (κ2) is 8.08. The molecule has 0 radical (unpaired) electrons. The molecule has 0 aromatic carbocycles. The van der Waals surface area contributed by atoms with Gasteiger partial charge in [-0.2, -0.15) is 0 Å². The molecule has 0 aliphatic heterocycles. The van der Waals surface area contributed by atoms with E-state index in [1.807, 2.05) is 0 Å². The molecule has 0 aromatic heterocycles. The molecule has 2 heteroatoms. The molecule has 16 heavy (non-hydrogen) atoms. The topological polar surface area (TPSA) is 52.0 Å². The highest BCUT2D eigenvalue weighted by molar-refractivity contribution is 4.74. The van der Waals surface area contributed by atoms with Crippen LogP contribution < -0.4 is 11.5 Å². The Balaban J connectivity index is 3.86. The lowest BCUT2D eigenvalue weighted by Gasteiger charge is -2.26. The van der Waals surface area contributed by atoms with Crippen molar-refractivity contribution in [3.8, 4) is 0 Å². The Kier molecular flexibility index (Phi) is 8.04. The SMILES string of the molecule is CC(C)C(N)C(C)CCC(C)C(C)CCN. The van der Waals surface area contributed by atoms with E-state index in [-0.39, 0.29) is 0 Å². The summed E-state index contributed by atoms with van der Waals surface area (Å²) in [6, 6.07) is 0.344. The van der Waals surface area contributed by atoms with Gasteiger partial charge in [-0.15, -0.1) is 0 Å². The largest absolute Gasteiger partial charge is 0.330 e. The summed E-state index contributed by atoms with van der Waals surface area (Å²) in [5.74, 6) is 2.73. The zero-order valence-corrected chi connectivity index (χ0v) is 11.9. The van der Waals surface area contributed by atoms with Crippen LogP contribution in [0.1, 0.15) is 53.9 Å². The van der Waals surface area contributed by atoms with Crippen LogP contribution in [0.15, 0.2) is 0 Å². The second-order valence-corrected chi connectivity index (χ2v) is 5.91. The van der Waals surface area contributed by atoms with Gasteiger partial charge in [0.05, 0.1) is 0 Å². The first-order chi connectivity index (χ1) is 7.40. The van der Waals surface area contributed by atoms with Gasteiger partial charge in [0.2, 0.25) is 0 Å². The maximum Gasteiger partial charge on any atom is 0.00877 e. The van der Waals surface area contributed by atoms with Crippen LogP contribution in [0.3, 0.4) is 0 Å². The van der Waals surface area contributed by atoms with E-state index in [0.717, 1.165) is 24.8 Å². The summed E-state index contributed by atoms with van der Waals surface area (Å²) in [5, 5.41) is 0. The Labute approximate surface area is 102 Å². The third-order valence-corrected chi connectivity index (χ3v) is 4.10. The van der Waals surface area contributed by atoms with Crippen LogP contribution in [0.25, 0.3) is 0 Å². The minimum absolute atomic E-state index is 0.344. The first kappa shape index (κ1) is 15.9. The summed E-state index contributed by atoms with van der Waals surface area (Å²) in [6.45, 7) is 12.2. The lowest BCUT2D eigenvalue weighted by molar-refractivity contribution is 0.282. The first-order valence-corrected chi connectivity index (χ1v) is 6.85. The molecule has 0 aliphatic rings. The monoisotopic (exact) mass is 228 g/mol. The van der Waals surface area contributed by atoms with E-state index in [9.17, 15) is 0 Å². The van der Waals surface area contributed by atoms with Crippen molar-refractivity contribution >= 4 is 0 Å². The third-order valence-electron chi connectivity index (χ3n) is 4.10. The zero-order chi connectivity index (χ0) is 12.7. The van der Waals surface area contributed by atoms with Crippen LogP contribution in [0.4, 0.5) is 0 Å². The summed E-state index contributed by atoms with van der Waals surface area (Å²) in [4.78, 5) is 0. The zero-order valence-electron chi connectivity index (χ0n) is 11.9. The molecule has 0 fully saturated rings. The van der Waals surface area contributed by atoms with Gasteiger partial charge in [-0.25, -0.2) is 0 Å². The van der Waals surface area contributed by atoms with Crippen molar-refractivity contribution in [2.45, 2.75) is 59.9 Å². The van der Waals surface area contributed by atoms with Crippen LogP contribution in [-0.2, 0) is 0 Å². The van der Waals surface area contributed by atoms with Crippen LogP contribution in [0.2, 0.25) is 0 Å². The number of hydrogen-bond acceptors (Lipinski definition) is 2. The molecular weight excluding hydrogens is 196 g/mol. The molecule has 4 N–H and O–H groups in total. The molecule has 2 nitrogen and oxygen atoms in total. The van der Waals surface area contributed by atoms with Crippen molar-refractivity contribution in [2.75, 3.05) is 6.54 Å². The quantitative estimate of drug-likeness (QED) is 0.671. The van der Waals surface area contributed by atoms with Gasteiger partial charge in [-0.3, -0.25) is 0 Å². The average Bonchev–Trinajstić information content (AvgIpc) is 2.24. The van der Waals surface area contributed by atoms with Gasteiger partial charge in [0.1, 0.15) is 0 Å². The molecule has 0 spiro atoms. The first-order valence-electron chi connectivity index (χ1n) is 6.85. The maximum atomic E-state index is 6.16. The fourth-order valence-corrected chi connectivity index (χ4v) is 2.21. The lowest BCUT2D eigenvalue weighted by atomic mass is 9.83. The van der Waals surface area contributed by atoms with E-state index in [4.69, 9.17) is 11.5 Å². The van der Waals surface area contributed by atoms with Crippen molar-refractivity contribution in [3.63, 3.8) is 0 Å². The van der Waals surface area contributed by atoms with Gasteiger partial charge >= 0.3 is 0 Å². The van der Waals surface area contributed by atoms with Crippen molar-refractivity contribution in [1.29, 1.82) is 0 Å². The minimum atomic E-state index is 0.344. The standard InChI is InChI=1S/C14H32N2/c1-10(2)14(16)13(5)7-6-11(3)12(4)8-9-15/h10-14H,6-9,15-16H2,1-5H3. The van der Waals surface area contributed by atoms with Gasteiger partial charge in [-0.1, -0.05) is 41.0 Å². The fraction of sp³-hybridized carbons (Fsp3) is 1.00. The number of rotatable bonds is 8. The molecular formula is C14H32N2. The molecule has 0 amide bonds. The molecule has 4 atom stereocenters. The summed E-state index contributed by atoms with van der Waals surface area (Å²) in [6.07, 6.45) is 3.67. The molecule has 0 aliphatic carbocycles. The van der Waals surface area contributed by atoms with Crippen molar-refractivity contribution in [2.24, 2.45) is 35.1 Å². The summed E-state index contributed by atoms with van der Waals surface area (Å²) >= 11 is 0. The number of hydrogen-bond donors (Lipinski definition) is 2. The highest BCUT2D eigenvalue weighted by Gasteiger charge is 2.18. The van der Waals surface area contributed by atoms with E-state index in [1.165, 1.54) is 12.8 Å². The highest BCUT2D eigenvalue weighted by atomic mass is 14.7. The van der Waals surface area contributed by atoms with Crippen LogP contribution in [0, 0.1) is 23.7 Å². The molecule has 0 rings (SSSR count). The van der Waals surface area contributed by atoms with Crippen molar-refractivity contribution in [3.05, 3.63) is 0 Å². The van der Waals surface area contributed by atoms with Gasteiger partial charge < -0.3 is 11.5 Å². The van der Waals surface area contributed by atoms with Crippen molar-refractivity contribution < 1.29 is 0 Å². The Bertz CT molecular complexity index is 168. The summed E-state index contributed by atoms with van der Waals surface area (Å²) < 4.78 is 0. The highest BCUT2D eigenvalue weighted by Crippen LogP contribution is 2.24. The van der Waals surface area contributed by atoms with E-state index >= 15 is 0 Å². The Hall–Kier alpha value is -0.0800. The summed E-state index contributed by atoms with van der Waals surface area (Å²) in [7, 11) is 0. The van der Waals surface area contributed by atoms with Gasteiger partial charge in [0, 0.05) is 6.04 Å². The van der Waals surface area contributed by atoms with Crippen LogP contribution in [0.5, 0.6) is 0 Å². The third kappa shape index (κ3) is 5.86. The van der Waals surface area contributed by atoms with Gasteiger partial charge in [0.15, 0.2) is 0 Å². The van der Waals surface area contributed by atoms with Gasteiger partial charge in [-0.05, 0) is 43.1 Å². The Morgan fingerprint density at radius 2 is 1.19 bits per heavy atom. The molecule has 0 saturated carbocycles. The fourth-order valence-electron chi connectivity index (χ4n) is 2.21. The molecule has 0 heterocycles. The van der Waals surface area contributed by atoms with Crippen LogP contribution in [-0.4, -0.2) is 12.6 Å². The molecule has 98 valence electrons. The molecule has 0 bridgehead atoms. The smallest absolute Gasteiger partial charge is 0.00877 e. The van der Waals surface area contributed by atoms with Crippen LogP contribution >= 0.6 is 0 Å².